The number of Topliss-reactive ketones (excluding diaryl/α,β-unsaturated/α-hetero) is 1. The summed E-state index contributed by atoms with van der Waals surface area (Å²) in [4.78, 5) is 120. The summed E-state index contributed by atoms with van der Waals surface area (Å²) in [5.41, 5.74) is -0.208. The van der Waals surface area contributed by atoms with Gasteiger partial charge in [-0.2, -0.15) is 5.01 Å². The summed E-state index contributed by atoms with van der Waals surface area (Å²) in [7, 11) is 0. The molecule has 0 aliphatic rings. The van der Waals surface area contributed by atoms with Gasteiger partial charge in [-0.1, -0.05) is 0 Å². The number of ketones is 1. The minimum Gasteiger partial charge on any atom is -0.462 e. The van der Waals surface area contributed by atoms with Crippen LogP contribution in [0.3, 0.4) is 0 Å². The minimum absolute atomic E-state index is 0.0250. The number of hydrazine groups is 1. The molecule has 0 saturated carbocycles. The first-order valence-corrected chi connectivity index (χ1v) is 17.0. The number of hydrogen-bond donors (Lipinski definition) is 1. The van der Waals surface area contributed by atoms with Crippen molar-refractivity contribution in [1.29, 1.82) is 0 Å². The third-order valence-corrected chi connectivity index (χ3v) is 8.08. The number of carbonyl (C=O) groups is 9. The predicted molar refractivity (Wildman–Crippen MR) is 187 cm³/mol. The Morgan fingerprint density at radius 2 is 1.20 bits per heavy atom. The Labute approximate surface area is 320 Å². The molecule has 49 heavy (non-hydrogen) atoms. The lowest BCUT2D eigenvalue weighted by Gasteiger charge is -2.32. The summed E-state index contributed by atoms with van der Waals surface area (Å²) in [6.45, 7) is 4.45. The third kappa shape index (κ3) is 15.9. The van der Waals surface area contributed by atoms with E-state index in [1.807, 2.05) is 22.6 Å². The fourth-order valence-corrected chi connectivity index (χ4v) is 7.86. The van der Waals surface area contributed by atoms with Crippen molar-refractivity contribution in [2.75, 3.05) is 26.3 Å². The number of hydrogen-bond acceptors (Lipinski definition) is 16. The van der Waals surface area contributed by atoms with E-state index in [0.717, 1.165) is 41.5 Å². The predicted octanol–water partition coefficient (Wildman–Crippen LogP) is 1.79. The molecule has 0 bridgehead atoms. The zero-order chi connectivity index (χ0) is 37.6. The van der Waals surface area contributed by atoms with Crippen LogP contribution in [-0.2, 0) is 62.2 Å². The topological polar surface area (TPSA) is 228 Å². The maximum atomic E-state index is 14.3. The number of esters is 4. The summed E-state index contributed by atoms with van der Waals surface area (Å²) in [5.74, 6) is -7.70. The number of benzene rings is 1. The number of amides is 2. The molecule has 2 atom stereocenters. The van der Waals surface area contributed by atoms with Gasteiger partial charge in [0.1, 0.15) is 30.8 Å². The van der Waals surface area contributed by atoms with Gasteiger partial charge in [0.2, 0.25) is 0 Å². The van der Waals surface area contributed by atoms with Gasteiger partial charge in [0.05, 0.1) is 24.2 Å². The van der Waals surface area contributed by atoms with Gasteiger partial charge in [-0.25, -0.2) is 4.79 Å². The van der Waals surface area contributed by atoms with E-state index >= 15 is 0 Å². The van der Waals surface area contributed by atoms with Crippen LogP contribution in [0.15, 0.2) is 6.07 Å². The summed E-state index contributed by atoms with van der Waals surface area (Å²) in [5, 5.41) is 3.21. The minimum atomic E-state index is -1.41. The molecule has 0 heterocycles. The number of carbonyl (C=O) groups excluding carboxylic acids is 9. The quantitative estimate of drug-likeness (QED) is 0.0772. The number of ether oxygens (including phenoxy) is 4. The Balaban J connectivity index is 3.74. The Morgan fingerprint density at radius 1 is 0.694 bits per heavy atom. The largest absolute Gasteiger partial charge is 0.462 e. The highest BCUT2D eigenvalue weighted by molar-refractivity contribution is 14.1. The van der Waals surface area contributed by atoms with Crippen molar-refractivity contribution < 1.29 is 71.8 Å². The van der Waals surface area contributed by atoms with Crippen molar-refractivity contribution in [3.05, 3.63) is 27.9 Å². The fraction of sp³-hybridized carbons (Fsp3) is 0.464. The molecule has 0 aliphatic heterocycles. The molecule has 0 spiro atoms. The first-order chi connectivity index (χ1) is 22.7. The number of nitrogens with zero attached hydrogens (tertiary/aromatic N) is 2. The maximum Gasteiger partial charge on any atom is 0.338 e. The number of rotatable bonds is 17. The van der Waals surface area contributed by atoms with Gasteiger partial charge >= 0.3 is 35.8 Å². The van der Waals surface area contributed by atoms with Crippen molar-refractivity contribution in [1.82, 2.24) is 15.7 Å². The van der Waals surface area contributed by atoms with Crippen molar-refractivity contribution in [2.24, 2.45) is 0 Å². The Kier molecular flexibility index (Phi) is 18.9. The Morgan fingerprint density at radius 3 is 1.69 bits per heavy atom. The van der Waals surface area contributed by atoms with Crippen LogP contribution in [-0.4, -0.2) is 102 Å². The molecule has 0 fully saturated rings. The molecule has 18 nitrogen and oxygen atoms in total. The van der Waals surface area contributed by atoms with E-state index in [0.29, 0.717) is 8.58 Å². The molecule has 0 saturated heterocycles. The molecule has 2 amide bonds. The van der Waals surface area contributed by atoms with Gasteiger partial charge in [-0.15, -0.1) is 0 Å². The maximum absolute atomic E-state index is 14.3. The second kappa shape index (κ2) is 21.1. The average molecular weight is 1030 g/mol. The van der Waals surface area contributed by atoms with Gasteiger partial charge in [-0.05, 0) is 80.8 Å². The second-order valence-corrected chi connectivity index (χ2v) is 13.1. The fourth-order valence-electron chi connectivity index (χ4n) is 3.53. The van der Waals surface area contributed by atoms with Crippen LogP contribution in [0.2, 0.25) is 0 Å². The summed E-state index contributed by atoms with van der Waals surface area (Å²) in [6, 6.07) is 1.46. The summed E-state index contributed by atoms with van der Waals surface area (Å²) < 4.78 is 20.8. The van der Waals surface area contributed by atoms with Crippen molar-refractivity contribution in [3.8, 4) is 0 Å². The highest BCUT2D eigenvalue weighted by Crippen LogP contribution is 2.30. The van der Waals surface area contributed by atoms with E-state index in [2.05, 4.69) is 5.32 Å². The lowest BCUT2D eigenvalue weighted by atomic mass is 10.1. The first-order valence-electron chi connectivity index (χ1n) is 13.8. The highest BCUT2D eigenvalue weighted by Gasteiger charge is 2.36. The van der Waals surface area contributed by atoms with Crippen molar-refractivity contribution >= 4 is 121 Å². The van der Waals surface area contributed by atoms with Crippen LogP contribution in [0.5, 0.6) is 0 Å². The van der Waals surface area contributed by atoms with Crippen molar-refractivity contribution in [2.45, 2.75) is 60.2 Å². The van der Waals surface area contributed by atoms with Gasteiger partial charge in [0, 0.05) is 45.3 Å². The van der Waals surface area contributed by atoms with Crippen LogP contribution in [0, 0.1) is 10.7 Å². The highest BCUT2D eigenvalue weighted by atomic mass is 127. The van der Waals surface area contributed by atoms with Gasteiger partial charge in [-0.3, -0.25) is 38.4 Å². The van der Waals surface area contributed by atoms with Crippen LogP contribution in [0.1, 0.15) is 68.7 Å². The second-order valence-electron chi connectivity index (χ2n) is 9.73. The zero-order valence-corrected chi connectivity index (χ0v) is 33.4. The standard InChI is InChI=1S/C28H32I3N3O15/c1-13(35)7-23(41)49-34(48-18(6)40)33(10-20(47-17(5)39)12-45-15(3)37)28(43)25-22(30)8-21(29)24(26(25)31)27(42)32-9-19(46-16(4)38)11-44-14(2)36/h8,19-20H,7,9-12H2,1-6H3,(H,32,42). The molecular weight excluding hydrogens is 999 g/mol. The molecule has 2 unspecified atom stereocenters. The van der Waals surface area contributed by atoms with E-state index in [1.165, 1.54) is 6.07 Å². The summed E-state index contributed by atoms with van der Waals surface area (Å²) >= 11 is 5.38. The van der Waals surface area contributed by atoms with E-state index in [9.17, 15) is 43.2 Å². The van der Waals surface area contributed by atoms with E-state index in [-0.39, 0.29) is 36.8 Å². The molecule has 0 radical (unpaired) electrons. The van der Waals surface area contributed by atoms with E-state index in [4.69, 9.17) is 28.6 Å². The zero-order valence-electron chi connectivity index (χ0n) is 26.9. The first kappa shape index (κ1) is 43.8. The molecule has 1 N–H and O–H groups in total. The molecule has 0 aliphatic carbocycles. The molecule has 21 heteroatoms. The lowest BCUT2D eigenvalue weighted by molar-refractivity contribution is -0.402. The van der Waals surface area contributed by atoms with Gasteiger partial charge < -0.3 is 33.9 Å². The summed E-state index contributed by atoms with van der Waals surface area (Å²) in [6.07, 6.45) is -3.24. The molecule has 270 valence electrons. The van der Waals surface area contributed by atoms with Gasteiger partial charge in [0.25, 0.3) is 11.8 Å². The smallest absolute Gasteiger partial charge is 0.338 e. The SMILES string of the molecule is CC(=O)CC(=O)ON(OC(C)=O)N(CC(COC(C)=O)OC(C)=O)C(=O)c1c(I)cc(I)c(C(=O)NCC(COC(C)=O)OC(C)=O)c1I. The van der Waals surface area contributed by atoms with Crippen molar-refractivity contribution in [3.63, 3.8) is 0 Å². The number of nitrogens with one attached hydrogen (secondary N) is 1. The lowest BCUT2D eigenvalue weighted by Crippen LogP contribution is -2.53. The van der Waals surface area contributed by atoms with Crippen LogP contribution < -0.4 is 5.32 Å². The Bertz CT molecular complexity index is 1490. The molecule has 0 aromatic heterocycles. The van der Waals surface area contributed by atoms with E-state index in [1.54, 1.807) is 45.2 Å². The normalized spacial score (nSPS) is 11.7. The molecule has 1 aromatic carbocycles. The molecular formula is C28H32I3N3O15. The van der Waals surface area contributed by atoms with Crippen LogP contribution in [0.25, 0.3) is 0 Å². The van der Waals surface area contributed by atoms with Crippen LogP contribution in [0.4, 0.5) is 0 Å². The molecule has 1 aromatic rings. The average Bonchev–Trinajstić information content (AvgIpc) is 2.93. The van der Waals surface area contributed by atoms with Gasteiger partial charge in [0.15, 0.2) is 12.2 Å². The monoisotopic (exact) mass is 1030 g/mol. The molecule has 1 rings (SSSR count). The Hall–Kier alpha value is -3.20. The van der Waals surface area contributed by atoms with Crippen LogP contribution >= 0.6 is 67.8 Å². The van der Waals surface area contributed by atoms with E-state index < -0.39 is 85.2 Å². The number of halogens is 3. The third-order valence-electron chi connectivity index (χ3n) is 5.30.